The van der Waals surface area contributed by atoms with Gasteiger partial charge < -0.3 is 5.32 Å². The highest BCUT2D eigenvalue weighted by Crippen LogP contribution is 2.22. The van der Waals surface area contributed by atoms with E-state index in [4.69, 9.17) is 11.6 Å². The first-order chi connectivity index (χ1) is 9.11. The van der Waals surface area contributed by atoms with Crippen molar-refractivity contribution in [1.82, 2.24) is 15.1 Å². The van der Waals surface area contributed by atoms with Gasteiger partial charge in [-0.1, -0.05) is 18.5 Å². The van der Waals surface area contributed by atoms with Crippen molar-refractivity contribution in [3.8, 4) is 0 Å². The average molecular weight is 282 g/mol. The SMILES string of the molecule is CCNC(Cc1cc(Cl)ccc1F)c1ccnn1C. The monoisotopic (exact) mass is 281 g/mol. The van der Waals surface area contributed by atoms with Crippen LogP contribution in [0.5, 0.6) is 0 Å². The molecule has 0 fully saturated rings. The third kappa shape index (κ3) is 3.33. The van der Waals surface area contributed by atoms with Crippen molar-refractivity contribution in [2.75, 3.05) is 6.54 Å². The zero-order chi connectivity index (χ0) is 13.8. The molecule has 1 aromatic carbocycles. The lowest BCUT2D eigenvalue weighted by molar-refractivity contribution is 0.495. The Labute approximate surface area is 117 Å². The number of hydrogen-bond acceptors (Lipinski definition) is 2. The van der Waals surface area contributed by atoms with E-state index in [1.54, 1.807) is 23.0 Å². The molecule has 0 saturated heterocycles. The molecule has 1 heterocycles. The van der Waals surface area contributed by atoms with Crippen LogP contribution in [0.1, 0.15) is 24.2 Å². The minimum absolute atomic E-state index is 0.0190. The lowest BCUT2D eigenvalue weighted by Crippen LogP contribution is -2.25. The van der Waals surface area contributed by atoms with E-state index in [-0.39, 0.29) is 11.9 Å². The van der Waals surface area contributed by atoms with Crippen LogP contribution < -0.4 is 5.32 Å². The zero-order valence-electron chi connectivity index (χ0n) is 11.0. The first-order valence-electron chi connectivity index (χ1n) is 6.27. The summed E-state index contributed by atoms with van der Waals surface area (Å²) in [5, 5.41) is 8.06. The number of nitrogens with zero attached hydrogens (tertiary/aromatic N) is 2. The number of hydrogen-bond donors (Lipinski definition) is 1. The summed E-state index contributed by atoms with van der Waals surface area (Å²) in [6.07, 6.45) is 2.29. The van der Waals surface area contributed by atoms with Crippen molar-refractivity contribution in [2.45, 2.75) is 19.4 Å². The van der Waals surface area contributed by atoms with Gasteiger partial charge in [0.05, 0.1) is 11.7 Å². The second-order valence-electron chi connectivity index (χ2n) is 4.43. The van der Waals surface area contributed by atoms with Crippen molar-refractivity contribution in [3.05, 3.63) is 52.6 Å². The Morgan fingerprint density at radius 3 is 2.84 bits per heavy atom. The summed E-state index contributed by atoms with van der Waals surface area (Å²) in [4.78, 5) is 0. The third-order valence-electron chi connectivity index (χ3n) is 3.10. The number of aryl methyl sites for hydroxylation is 1. The van der Waals surface area contributed by atoms with E-state index in [9.17, 15) is 4.39 Å². The molecule has 1 unspecified atom stereocenters. The molecule has 1 N–H and O–H groups in total. The van der Waals surface area contributed by atoms with Gasteiger partial charge in [-0.2, -0.15) is 5.10 Å². The minimum atomic E-state index is -0.227. The Hall–Kier alpha value is -1.39. The van der Waals surface area contributed by atoms with Crippen LogP contribution in [0.2, 0.25) is 5.02 Å². The van der Waals surface area contributed by atoms with Crippen LogP contribution in [0.3, 0.4) is 0 Å². The van der Waals surface area contributed by atoms with E-state index in [0.717, 1.165) is 12.2 Å². The van der Waals surface area contributed by atoms with Crippen molar-refractivity contribution in [1.29, 1.82) is 0 Å². The lowest BCUT2D eigenvalue weighted by Gasteiger charge is -2.18. The molecule has 2 rings (SSSR count). The topological polar surface area (TPSA) is 29.9 Å². The highest BCUT2D eigenvalue weighted by Gasteiger charge is 2.16. The van der Waals surface area contributed by atoms with Gasteiger partial charge in [-0.25, -0.2) is 4.39 Å². The molecule has 0 amide bonds. The molecule has 0 aliphatic heterocycles. The van der Waals surface area contributed by atoms with E-state index < -0.39 is 0 Å². The zero-order valence-corrected chi connectivity index (χ0v) is 11.8. The Bertz CT molecular complexity index is 553. The first kappa shape index (κ1) is 14.0. The van der Waals surface area contributed by atoms with Crippen LogP contribution >= 0.6 is 11.6 Å². The van der Waals surface area contributed by atoms with Gasteiger partial charge in [-0.05, 0) is 42.8 Å². The van der Waals surface area contributed by atoms with Crippen molar-refractivity contribution < 1.29 is 4.39 Å². The van der Waals surface area contributed by atoms with Crippen molar-refractivity contribution in [3.63, 3.8) is 0 Å². The molecule has 2 aromatic rings. The quantitative estimate of drug-likeness (QED) is 0.913. The second-order valence-corrected chi connectivity index (χ2v) is 4.87. The number of benzene rings is 1. The number of rotatable bonds is 5. The molecule has 0 radical (unpaired) electrons. The molecule has 0 saturated carbocycles. The Kier molecular flexibility index (Phi) is 4.56. The Morgan fingerprint density at radius 2 is 2.21 bits per heavy atom. The maximum atomic E-state index is 13.8. The standard InChI is InChI=1S/C14H17ClFN3/c1-3-17-13(14-6-7-18-19(14)2)9-10-8-11(15)4-5-12(10)16/h4-8,13,17H,3,9H2,1-2H3. The smallest absolute Gasteiger partial charge is 0.126 e. The maximum Gasteiger partial charge on any atom is 0.126 e. The molecule has 0 spiro atoms. The number of halogens is 2. The number of aromatic nitrogens is 2. The largest absolute Gasteiger partial charge is 0.309 e. The van der Waals surface area contributed by atoms with Crippen LogP contribution in [-0.2, 0) is 13.5 Å². The van der Waals surface area contributed by atoms with Crippen LogP contribution in [0.4, 0.5) is 4.39 Å². The van der Waals surface area contributed by atoms with E-state index >= 15 is 0 Å². The van der Waals surface area contributed by atoms with E-state index in [1.807, 2.05) is 20.0 Å². The highest BCUT2D eigenvalue weighted by atomic mass is 35.5. The van der Waals surface area contributed by atoms with Crippen LogP contribution in [0, 0.1) is 5.82 Å². The van der Waals surface area contributed by atoms with E-state index in [2.05, 4.69) is 10.4 Å². The highest BCUT2D eigenvalue weighted by molar-refractivity contribution is 6.30. The fraction of sp³-hybridized carbons (Fsp3) is 0.357. The maximum absolute atomic E-state index is 13.8. The summed E-state index contributed by atoms with van der Waals surface area (Å²) in [7, 11) is 1.88. The third-order valence-corrected chi connectivity index (χ3v) is 3.33. The van der Waals surface area contributed by atoms with E-state index in [0.29, 0.717) is 17.0 Å². The normalized spacial score (nSPS) is 12.6. The fourth-order valence-electron chi connectivity index (χ4n) is 2.17. The Morgan fingerprint density at radius 1 is 1.42 bits per heavy atom. The second kappa shape index (κ2) is 6.17. The predicted octanol–water partition coefficient (Wildman–Crippen LogP) is 3.11. The summed E-state index contributed by atoms with van der Waals surface area (Å²) < 4.78 is 15.6. The number of likely N-dealkylation sites (N-methyl/N-ethyl adjacent to an activating group) is 1. The van der Waals surface area contributed by atoms with Gasteiger partial charge >= 0.3 is 0 Å². The van der Waals surface area contributed by atoms with Gasteiger partial charge in [-0.3, -0.25) is 4.68 Å². The molecule has 19 heavy (non-hydrogen) atoms. The predicted molar refractivity (Wildman–Crippen MR) is 74.7 cm³/mol. The van der Waals surface area contributed by atoms with Crippen molar-refractivity contribution >= 4 is 11.6 Å². The van der Waals surface area contributed by atoms with Gasteiger partial charge in [0.25, 0.3) is 0 Å². The molecule has 3 nitrogen and oxygen atoms in total. The molecule has 0 bridgehead atoms. The Balaban J connectivity index is 2.26. The van der Waals surface area contributed by atoms with Crippen LogP contribution in [0.15, 0.2) is 30.5 Å². The lowest BCUT2D eigenvalue weighted by atomic mass is 10.0. The first-order valence-corrected chi connectivity index (χ1v) is 6.64. The molecule has 102 valence electrons. The minimum Gasteiger partial charge on any atom is -0.309 e. The molecule has 1 aromatic heterocycles. The summed E-state index contributed by atoms with van der Waals surface area (Å²) in [5.41, 5.74) is 1.64. The molecule has 0 aliphatic carbocycles. The van der Waals surface area contributed by atoms with Crippen LogP contribution in [0.25, 0.3) is 0 Å². The van der Waals surface area contributed by atoms with Gasteiger partial charge in [-0.15, -0.1) is 0 Å². The molecule has 1 atom stereocenters. The van der Waals surface area contributed by atoms with Gasteiger partial charge in [0.2, 0.25) is 0 Å². The molecular formula is C14H17ClFN3. The summed E-state index contributed by atoms with van der Waals surface area (Å²) in [5.74, 6) is -0.227. The molecular weight excluding hydrogens is 265 g/mol. The van der Waals surface area contributed by atoms with E-state index in [1.165, 1.54) is 6.07 Å². The number of nitrogens with one attached hydrogen (secondary N) is 1. The molecule has 0 aliphatic rings. The summed E-state index contributed by atoms with van der Waals surface area (Å²) >= 11 is 5.93. The molecule has 5 heteroatoms. The summed E-state index contributed by atoms with van der Waals surface area (Å²) in [6, 6.07) is 6.61. The average Bonchev–Trinajstić information content (AvgIpc) is 2.79. The van der Waals surface area contributed by atoms with Crippen molar-refractivity contribution in [2.24, 2.45) is 7.05 Å². The summed E-state index contributed by atoms with van der Waals surface area (Å²) in [6.45, 7) is 2.83. The van der Waals surface area contributed by atoms with Gasteiger partial charge in [0.1, 0.15) is 5.82 Å². The van der Waals surface area contributed by atoms with Gasteiger partial charge in [0, 0.05) is 18.3 Å². The van der Waals surface area contributed by atoms with Crippen LogP contribution in [-0.4, -0.2) is 16.3 Å². The van der Waals surface area contributed by atoms with Gasteiger partial charge in [0.15, 0.2) is 0 Å². The fourth-order valence-corrected chi connectivity index (χ4v) is 2.37.